The van der Waals surface area contributed by atoms with Gasteiger partial charge in [0.15, 0.2) is 5.82 Å². The number of fused-ring (bicyclic) bond motifs is 4. The molecule has 0 amide bonds. The van der Waals surface area contributed by atoms with Gasteiger partial charge in [0.1, 0.15) is 22.9 Å². The Balaban J connectivity index is 1.34. The Bertz CT molecular complexity index is 1560. The number of aromatic nitrogens is 2. The molecule has 4 aromatic rings. The highest BCUT2D eigenvalue weighted by molar-refractivity contribution is 6.01. The van der Waals surface area contributed by atoms with E-state index in [1.54, 1.807) is 18.2 Å². The van der Waals surface area contributed by atoms with E-state index in [2.05, 4.69) is 32.1 Å². The molecule has 3 aromatic carbocycles. The van der Waals surface area contributed by atoms with E-state index in [0.717, 1.165) is 25.8 Å². The summed E-state index contributed by atoms with van der Waals surface area (Å²) in [7, 11) is 2.12. The van der Waals surface area contributed by atoms with Gasteiger partial charge in [-0.1, -0.05) is 24.3 Å². The molecule has 2 N–H and O–H groups in total. The number of nitrogens with zero attached hydrogens (tertiary/aromatic N) is 4. The van der Waals surface area contributed by atoms with Crippen molar-refractivity contribution >= 4 is 27.5 Å². The number of ether oxygens (including phenoxy) is 1. The number of likely N-dealkylation sites (tertiary alicyclic amines) is 1. The van der Waals surface area contributed by atoms with Crippen molar-refractivity contribution in [1.29, 1.82) is 0 Å². The number of rotatable bonds is 6. The third-order valence-corrected chi connectivity index (χ3v) is 8.53. The third-order valence-electron chi connectivity index (χ3n) is 8.53. The van der Waals surface area contributed by atoms with Gasteiger partial charge in [0.05, 0.1) is 12.2 Å². The SMILES string of the molecule is CN1CCC[C@H]1CCOc1nc(N2C[C@H]3C[C@@H](C2)N3)c2cc(F)c(-c3cc(O)cc4ccccc34)c(F)c2n1. The molecule has 7 nitrogen and oxygen atoms in total. The van der Waals surface area contributed by atoms with Crippen molar-refractivity contribution < 1.29 is 18.6 Å². The Kier molecular flexibility index (Phi) is 6.01. The van der Waals surface area contributed by atoms with Crippen LogP contribution < -0.4 is 15.0 Å². The largest absolute Gasteiger partial charge is 0.508 e. The zero-order chi connectivity index (χ0) is 26.7. The number of benzene rings is 3. The minimum absolute atomic E-state index is 0.0176. The van der Waals surface area contributed by atoms with Gasteiger partial charge in [-0.05, 0) is 73.8 Å². The second kappa shape index (κ2) is 9.57. The van der Waals surface area contributed by atoms with Crippen molar-refractivity contribution in [3.63, 3.8) is 0 Å². The third kappa shape index (κ3) is 4.33. The van der Waals surface area contributed by atoms with E-state index in [0.29, 0.717) is 59.8 Å². The van der Waals surface area contributed by atoms with Crippen molar-refractivity contribution in [3.05, 3.63) is 54.1 Å². The molecule has 3 atom stereocenters. The van der Waals surface area contributed by atoms with Gasteiger partial charge in [-0.3, -0.25) is 0 Å². The van der Waals surface area contributed by atoms with Crippen molar-refractivity contribution in [3.8, 4) is 22.9 Å². The summed E-state index contributed by atoms with van der Waals surface area (Å²) in [4.78, 5) is 13.6. The standard InChI is InChI=1S/C30H31F2N5O2/c1-36-9-4-6-20(36)8-10-39-30-34-28-24(29(35-30)37-15-18-12-19(16-37)33-18)14-25(31)26(27(28)32)23-13-21(38)11-17-5-2-3-7-22(17)23/h2-3,5,7,11,13-14,18-20,33,38H,4,6,8-10,12,15-16H2,1H3/t18-,19+,20-/m0/s1. The highest BCUT2D eigenvalue weighted by atomic mass is 19.1. The van der Waals surface area contributed by atoms with Gasteiger partial charge in [-0.25, -0.2) is 8.78 Å². The van der Waals surface area contributed by atoms with Crippen molar-refractivity contribution in [1.82, 2.24) is 20.2 Å². The zero-order valence-electron chi connectivity index (χ0n) is 21.8. The summed E-state index contributed by atoms with van der Waals surface area (Å²) in [6, 6.07) is 12.8. The molecule has 1 aromatic heterocycles. The van der Waals surface area contributed by atoms with Crippen LogP contribution in [0.25, 0.3) is 32.8 Å². The summed E-state index contributed by atoms with van der Waals surface area (Å²) in [6.45, 7) is 2.91. The predicted molar refractivity (Wildman–Crippen MR) is 147 cm³/mol. The van der Waals surface area contributed by atoms with E-state index >= 15 is 8.78 Å². The molecule has 0 radical (unpaired) electrons. The molecular weight excluding hydrogens is 500 g/mol. The lowest BCUT2D eigenvalue weighted by Gasteiger charge is -2.48. The first-order chi connectivity index (χ1) is 18.9. The maximum Gasteiger partial charge on any atom is 0.319 e. The number of anilines is 1. The summed E-state index contributed by atoms with van der Waals surface area (Å²) < 4.78 is 38.3. The van der Waals surface area contributed by atoms with Crippen LogP contribution in [0.2, 0.25) is 0 Å². The molecule has 8 rings (SSSR count). The van der Waals surface area contributed by atoms with E-state index < -0.39 is 11.6 Å². The van der Waals surface area contributed by atoms with E-state index in [-0.39, 0.29) is 28.4 Å². The highest BCUT2D eigenvalue weighted by Crippen LogP contribution is 2.40. The second-order valence-electron chi connectivity index (χ2n) is 11.1. The summed E-state index contributed by atoms with van der Waals surface area (Å²) in [5, 5.41) is 15.5. The van der Waals surface area contributed by atoms with Gasteiger partial charge in [-0.15, -0.1) is 0 Å². The van der Waals surface area contributed by atoms with Gasteiger partial charge >= 0.3 is 6.01 Å². The van der Waals surface area contributed by atoms with E-state index in [9.17, 15) is 5.11 Å². The normalized spacial score (nSPS) is 22.9. The van der Waals surface area contributed by atoms with E-state index in [1.807, 2.05) is 12.1 Å². The van der Waals surface area contributed by atoms with Crippen LogP contribution in [0, 0.1) is 11.6 Å². The molecule has 0 saturated carbocycles. The number of hydrogen-bond acceptors (Lipinski definition) is 7. The Morgan fingerprint density at radius 3 is 2.64 bits per heavy atom. The lowest BCUT2D eigenvalue weighted by molar-refractivity contribution is 0.219. The number of aromatic hydroxyl groups is 1. The second-order valence-corrected chi connectivity index (χ2v) is 11.1. The van der Waals surface area contributed by atoms with Crippen LogP contribution in [-0.4, -0.2) is 71.4 Å². The van der Waals surface area contributed by atoms with Crippen molar-refractivity contribution in [2.75, 3.05) is 38.2 Å². The number of piperazine rings is 1. The number of piperidine rings is 1. The number of halogens is 2. The smallest absolute Gasteiger partial charge is 0.319 e. The van der Waals surface area contributed by atoms with Crippen LogP contribution >= 0.6 is 0 Å². The Morgan fingerprint density at radius 1 is 1.08 bits per heavy atom. The fourth-order valence-corrected chi connectivity index (χ4v) is 6.53. The van der Waals surface area contributed by atoms with E-state index in [4.69, 9.17) is 4.74 Å². The van der Waals surface area contributed by atoms with Crippen LogP contribution in [0.3, 0.4) is 0 Å². The Hall–Kier alpha value is -3.56. The van der Waals surface area contributed by atoms with Crippen molar-refractivity contribution in [2.24, 2.45) is 0 Å². The molecule has 0 aliphatic carbocycles. The maximum atomic E-state index is 16.4. The number of phenolic OH excluding ortho intramolecular Hbond substituents is 1. The maximum absolute atomic E-state index is 16.4. The fraction of sp³-hybridized carbons (Fsp3) is 0.400. The minimum Gasteiger partial charge on any atom is -0.508 e. The zero-order valence-corrected chi connectivity index (χ0v) is 21.8. The highest BCUT2D eigenvalue weighted by Gasteiger charge is 2.38. The van der Waals surface area contributed by atoms with Crippen LogP contribution in [0.4, 0.5) is 14.6 Å². The van der Waals surface area contributed by atoms with Gasteiger partial charge in [0.25, 0.3) is 0 Å². The number of nitrogens with one attached hydrogen (secondary N) is 1. The molecule has 0 spiro atoms. The first-order valence-electron chi connectivity index (χ1n) is 13.7. The quantitative estimate of drug-likeness (QED) is 0.369. The molecule has 4 saturated heterocycles. The molecule has 4 aliphatic rings. The van der Waals surface area contributed by atoms with Gasteiger partial charge in [0.2, 0.25) is 0 Å². The Morgan fingerprint density at radius 2 is 1.87 bits per heavy atom. The topological polar surface area (TPSA) is 73.8 Å². The molecule has 202 valence electrons. The number of phenols is 1. The molecule has 9 heteroatoms. The van der Waals surface area contributed by atoms with Gasteiger partial charge in [-0.2, -0.15) is 9.97 Å². The number of hydrogen-bond donors (Lipinski definition) is 2. The average Bonchev–Trinajstić information content (AvgIpc) is 3.32. The van der Waals surface area contributed by atoms with Crippen LogP contribution in [-0.2, 0) is 0 Å². The fourth-order valence-electron chi connectivity index (χ4n) is 6.53. The summed E-state index contributed by atoms with van der Waals surface area (Å²) in [5.74, 6) is -1.08. The summed E-state index contributed by atoms with van der Waals surface area (Å²) in [6.07, 6.45) is 4.22. The lowest BCUT2D eigenvalue weighted by Crippen LogP contribution is -2.67. The monoisotopic (exact) mass is 531 g/mol. The molecule has 39 heavy (non-hydrogen) atoms. The van der Waals surface area contributed by atoms with Crippen LogP contribution in [0.1, 0.15) is 25.7 Å². The summed E-state index contributed by atoms with van der Waals surface area (Å²) in [5.41, 5.74) is 0.0720. The average molecular weight is 532 g/mol. The first kappa shape index (κ1) is 24.5. The van der Waals surface area contributed by atoms with Gasteiger partial charge in [0, 0.05) is 36.6 Å². The van der Waals surface area contributed by atoms with Crippen LogP contribution in [0.15, 0.2) is 42.5 Å². The Labute approximate surface area is 225 Å². The van der Waals surface area contributed by atoms with Crippen molar-refractivity contribution in [2.45, 2.75) is 43.8 Å². The minimum atomic E-state index is -0.787. The summed E-state index contributed by atoms with van der Waals surface area (Å²) >= 11 is 0. The first-order valence-corrected chi connectivity index (χ1v) is 13.7. The van der Waals surface area contributed by atoms with Gasteiger partial charge < -0.3 is 25.0 Å². The lowest BCUT2D eigenvalue weighted by atomic mass is 9.91. The molecule has 4 aliphatic heterocycles. The predicted octanol–water partition coefficient (Wildman–Crippen LogP) is 4.85. The molecule has 2 bridgehead atoms. The molecular formula is C30H31F2N5O2. The molecule has 4 fully saturated rings. The van der Waals surface area contributed by atoms with Crippen LogP contribution in [0.5, 0.6) is 11.8 Å². The molecule has 0 unspecified atom stereocenters. The molecule has 5 heterocycles. The van der Waals surface area contributed by atoms with E-state index in [1.165, 1.54) is 18.6 Å².